The third-order valence-corrected chi connectivity index (χ3v) is 3.71. The van der Waals surface area contributed by atoms with Crippen LogP contribution in [0.15, 0.2) is 24.3 Å². The highest BCUT2D eigenvalue weighted by Gasteiger charge is 2.17. The molecule has 4 heteroatoms. The summed E-state index contributed by atoms with van der Waals surface area (Å²) in [7, 11) is 0. The Kier molecular flexibility index (Phi) is 7.03. The van der Waals surface area contributed by atoms with Gasteiger partial charge in [-0.05, 0) is 48.9 Å². The maximum absolute atomic E-state index is 11.8. The molecule has 0 heterocycles. The van der Waals surface area contributed by atoms with Crippen molar-refractivity contribution in [3.05, 3.63) is 34.9 Å². The smallest absolute Gasteiger partial charge is 0.220 e. The van der Waals surface area contributed by atoms with Gasteiger partial charge in [-0.2, -0.15) is 0 Å². The zero-order valence-corrected chi connectivity index (χ0v) is 13.2. The molecule has 0 atom stereocenters. The van der Waals surface area contributed by atoms with Crippen LogP contribution in [0.5, 0.6) is 0 Å². The molecule has 1 amide bonds. The van der Waals surface area contributed by atoms with Gasteiger partial charge in [0.2, 0.25) is 5.91 Å². The van der Waals surface area contributed by atoms with Gasteiger partial charge in [-0.3, -0.25) is 4.79 Å². The fraction of sp³-hybridized carbons (Fsp3) is 0.562. The number of hydrogen-bond donors (Lipinski definition) is 2. The van der Waals surface area contributed by atoms with Crippen molar-refractivity contribution < 1.29 is 4.79 Å². The van der Waals surface area contributed by atoms with Gasteiger partial charge in [-0.1, -0.05) is 37.6 Å². The van der Waals surface area contributed by atoms with Crippen LogP contribution in [0, 0.1) is 5.41 Å². The topological polar surface area (TPSA) is 55.1 Å². The molecule has 0 fully saturated rings. The fourth-order valence-electron chi connectivity index (χ4n) is 2.09. The standard InChI is InChI=1S/C16H25ClN2O/c1-16(2,9-10-18)8-6-15(20)19-11-7-13-4-3-5-14(17)12-13/h3-5,12H,6-11,18H2,1-2H3,(H,19,20). The molecular formula is C16H25ClN2O. The van der Waals surface area contributed by atoms with Crippen LogP contribution < -0.4 is 11.1 Å². The van der Waals surface area contributed by atoms with E-state index in [1.807, 2.05) is 24.3 Å². The Hall–Kier alpha value is -1.06. The van der Waals surface area contributed by atoms with Gasteiger partial charge in [-0.15, -0.1) is 0 Å². The Morgan fingerprint density at radius 3 is 2.75 bits per heavy atom. The average Bonchev–Trinajstić information content (AvgIpc) is 2.37. The van der Waals surface area contributed by atoms with Crippen molar-refractivity contribution in [2.75, 3.05) is 13.1 Å². The van der Waals surface area contributed by atoms with Crippen molar-refractivity contribution in [2.24, 2.45) is 11.1 Å². The summed E-state index contributed by atoms with van der Waals surface area (Å²) in [4.78, 5) is 11.8. The molecule has 0 radical (unpaired) electrons. The number of hydrogen-bond acceptors (Lipinski definition) is 2. The maximum atomic E-state index is 11.8. The van der Waals surface area contributed by atoms with Crippen molar-refractivity contribution in [1.82, 2.24) is 5.32 Å². The number of nitrogens with two attached hydrogens (primary N) is 1. The third-order valence-electron chi connectivity index (χ3n) is 3.47. The second kappa shape index (κ2) is 8.28. The van der Waals surface area contributed by atoms with Gasteiger partial charge in [0.1, 0.15) is 0 Å². The molecule has 0 aromatic heterocycles. The molecule has 0 spiro atoms. The van der Waals surface area contributed by atoms with Gasteiger partial charge in [-0.25, -0.2) is 0 Å². The van der Waals surface area contributed by atoms with E-state index in [1.165, 1.54) is 0 Å². The van der Waals surface area contributed by atoms with Crippen LogP contribution in [0.1, 0.15) is 38.7 Å². The Labute approximate surface area is 126 Å². The Balaban J connectivity index is 2.23. The second-order valence-corrected chi connectivity index (χ2v) is 6.37. The molecule has 3 nitrogen and oxygen atoms in total. The molecule has 1 aromatic carbocycles. The van der Waals surface area contributed by atoms with E-state index in [0.29, 0.717) is 19.5 Å². The normalized spacial score (nSPS) is 11.4. The molecule has 1 aromatic rings. The van der Waals surface area contributed by atoms with E-state index in [0.717, 1.165) is 29.8 Å². The van der Waals surface area contributed by atoms with Crippen LogP contribution in [0.2, 0.25) is 5.02 Å². The first-order valence-electron chi connectivity index (χ1n) is 7.14. The summed E-state index contributed by atoms with van der Waals surface area (Å²) in [6.07, 6.45) is 3.18. The van der Waals surface area contributed by atoms with Crippen LogP contribution in [0.25, 0.3) is 0 Å². The SMILES string of the molecule is CC(C)(CCN)CCC(=O)NCCc1cccc(Cl)c1. The van der Waals surface area contributed by atoms with Gasteiger partial charge in [0.25, 0.3) is 0 Å². The summed E-state index contributed by atoms with van der Waals surface area (Å²) >= 11 is 5.92. The molecule has 0 unspecified atom stereocenters. The Morgan fingerprint density at radius 1 is 1.35 bits per heavy atom. The number of halogens is 1. The molecule has 0 aliphatic carbocycles. The molecule has 0 saturated heterocycles. The first-order valence-corrected chi connectivity index (χ1v) is 7.52. The van der Waals surface area contributed by atoms with Crippen molar-refractivity contribution in [3.8, 4) is 0 Å². The first kappa shape index (κ1) is 17.0. The Bertz CT molecular complexity index is 432. The van der Waals surface area contributed by atoms with Crippen LogP contribution in [0.3, 0.4) is 0 Å². The van der Waals surface area contributed by atoms with E-state index in [1.54, 1.807) is 0 Å². The molecule has 3 N–H and O–H groups in total. The zero-order valence-electron chi connectivity index (χ0n) is 12.4. The maximum Gasteiger partial charge on any atom is 0.220 e. The number of nitrogens with one attached hydrogen (secondary N) is 1. The molecule has 0 bridgehead atoms. The van der Waals surface area contributed by atoms with Crippen molar-refractivity contribution in [1.29, 1.82) is 0 Å². The van der Waals surface area contributed by atoms with Crippen LogP contribution in [-0.4, -0.2) is 19.0 Å². The van der Waals surface area contributed by atoms with Crippen molar-refractivity contribution >= 4 is 17.5 Å². The minimum atomic E-state index is 0.108. The lowest BCUT2D eigenvalue weighted by molar-refractivity contribution is -0.121. The number of amides is 1. The van der Waals surface area contributed by atoms with Gasteiger partial charge in [0.05, 0.1) is 0 Å². The average molecular weight is 297 g/mol. The summed E-state index contributed by atoms with van der Waals surface area (Å²) in [5.74, 6) is 0.108. The summed E-state index contributed by atoms with van der Waals surface area (Å²) < 4.78 is 0. The van der Waals surface area contributed by atoms with Gasteiger partial charge in [0, 0.05) is 18.0 Å². The molecule has 20 heavy (non-hydrogen) atoms. The quantitative estimate of drug-likeness (QED) is 0.774. The van der Waals surface area contributed by atoms with Gasteiger partial charge in [0.15, 0.2) is 0 Å². The number of benzene rings is 1. The van der Waals surface area contributed by atoms with Crippen molar-refractivity contribution in [3.63, 3.8) is 0 Å². The number of carbonyl (C=O) groups excluding carboxylic acids is 1. The largest absolute Gasteiger partial charge is 0.356 e. The minimum Gasteiger partial charge on any atom is -0.356 e. The molecule has 1 rings (SSSR count). The van der Waals surface area contributed by atoms with E-state index in [2.05, 4.69) is 19.2 Å². The van der Waals surface area contributed by atoms with Gasteiger partial charge >= 0.3 is 0 Å². The molecule has 0 aliphatic rings. The van der Waals surface area contributed by atoms with E-state index in [-0.39, 0.29) is 11.3 Å². The summed E-state index contributed by atoms with van der Waals surface area (Å²) in [6, 6.07) is 7.72. The van der Waals surface area contributed by atoms with Crippen molar-refractivity contribution in [2.45, 2.75) is 39.5 Å². The fourth-order valence-corrected chi connectivity index (χ4v) is 2.31. The highest BCUT2D eigenvalue weighted by atomic mass is 35.5. The lowest BCUT2D eigenvalue weighted by Gasteiger charge is -2.23. The first-order chi connectivity index (χ1) is 9.43. The molecule has 0 saturated carbocycles. The molecule has 0 aliphatic heterocycles. The lowest BCUT2D eigenvalue weighted by atomic mass is 9.84. The van der Waals surface area contributed by atoms with E-state index in [9.17, 15) is 4.79 Å². The summed E-state index contributed by atoms with van der Waals surface area (Å²) in [5, 5.41) is 3.69. The number of carbonyl (C=O) groups is 1. The van der Waals surface area contributed by atoms with Crippen LogP contribution in [0.4, 0.5) is 0 Å². The summed E-state index contributed by atoms with van der Waals surface area (Å²) in [5.41, 5.74) is 6.84. The highest BCUT2D eigenvalue weighted by Crippen LogP contribution is 2.25. The van der Waals surface area contributed by atoms with Crippen LogP contribution >= 0.6 is 11.6 Å². The molecular weight excluding hydrogens is 272 g/mol. The predicted molar refractivity (Wildman–Crippen MR) is 84.9 cm³/mol. The minimum absolute atomic E-state index is 0.108. The van der Waals surface area contributed by atoms with Gasteiger partial charge < -0.3 is 11.1 Å². The molecule has 112 valence electrons. The monoisotopic (exact) mass is 296 g/mol. The third kappa shape index (κ3) is 6.92. The predicted octanol–water partition coefficient (Wildman–Crippen LogP) is 3.15. The lowest BCUT2D eigenvalue weighted by Crippen LogP contribution is -2.27. The van der Waals surface area contributed by atoms with Crippen LogP contribution in [-0.2, 0) is 11.2 Å². The number of rotatable bonds is 8. The second-order valence-electron chi connectivity index (χ2n) is 5.93. The van der Waals surface area contributed by atoms with E-state index < -0.39 is 0 Å². The zero-order chi connectivity index (χ0) is 15.0. The van der Waals surface area contributed by atoms with E-state index >= 15 is 0 Å². The summed E-state index contributed by atoms with van der Waals surface area (Å²) in [6.45, 7) is 5.62. The highest BCUT2D eigenvalue weighted by molar-refractivity contribution is 6.30. The van der Waals surface area contributed by atoms with E-state index in [4.69, 9.17) is 17.3 Å². The Morgan fingerprint density at radius 2 is 2.10 bits per heavy atom.